The minimum Gasteiger partial charge on any atom is -0.326 e. The number of anilines is 1. The third-order valence-electron chi connectivity index (χ3n) is 2.99. The van der Waals surface area contributed by atoms with E-state index in [1.165, 1.54) is 19.1 Å². The number of nitrogens with one attached hydrogen (secondary N) is 1. The molecular weight excluding hydrogens is 304 g/mol. The number of benzene rings is 1. The van der Waals surface area contributed by atoms with Gasteiger partial charge in [-0.25, -0.2) is 8.78 Å². The molecule has 0 aliphatic heterocycles. The summed E-state index contributed by atoms with van der Waals surface area (Å²) in [5.74, 6) is -4.02. The summed E-state index contributed by atoms with van der Waals surface area (Å²) < 4.78 is 26.8. The highest BCUT2D eigenvalue weighted by Gasteiger charge is 2.26. The van der Waals surface area contributed by atoms with Crippen LogP contribution >= 0.6 is 0 Å². The van der Waals surface area contributed by atoms with Gasteiger partial charge in [-0.2, -0.15) is 5.26 Å². The van der Waals surface area contributed by atoms with Crippen LogP contribution < -0.4 is 5.32 Å². The third kappa shape index (κ3) is 3.74. The molecule has 0 unspecified atom stereocenters. The molecule has 0 bridgehead atoms. The van der Waals surface area contributed by atoms with Crippen molar-refractivity contribution in [1.29, 1.82) is 5.26 Å². The van der Waals surface area contributed by atoms with Crippen molar-refractivity contribution in [2.75, 3.05) is 5.32 Å². The fourth-order valence-corrected chi connectivity index (χ4v) is 1.97. The molecule has 7 heteroatoms. The molecule has 0 aliphatic rings. The second-order valence-corrected chi connectivity index (χ2v) is 4.70. The van der Waals surface area contributed by atoms with Crippen molar-refractivity contribution < 1.29 is 18.4 Å². The van der Waals surface area contributed by atoms with Crippen molar-refractivity contribution in [3.63, 3.8) is 0 Å². The summed E-state index contributed by atoms with van der Waals surface area (Å²) in [4.78, 5) is 27.1. The van der Waals surface area contributed by atoms with E-state index in [2.05, 4.69) is 10.3 Å². The van der Waals surface area contributed by atoms with Crippen molar-refractivity contribution in [1.82, 2.24) is 4.98 Å². The number of nitrogens with zero attached hydrogens (tertiary/aromatic N) is 2. The molecule has 0 radical (unpaired) electrons. The number of hydrogen-bond donors (Lipinski definition) is 1. The van der Waals surface area contributed by atoms with E-state index >= 15 is 0 Å². The monoisotopic (exact) mass is 315 g/mol. The zero-order chi connectivity index (χ0) is 17.0. The lowest BCUT2D eigenvalue weighted by molar-refractivity contribution is -0.114. The minimum absolute atomic E-state index is 0.0169. The molecule has 0 spiro atoms. The Kier molecular flexibility index (Phi) is 4.76. The second kappa shape index (κ2) is 6.75. The molecule has 1 N–H and O–H groups in total. The van der Waals surface area contributed by atoms with Gasteiger partial charge >= 0.3 is 0 Å². The smallest absolute Gasteiger partial charge is 0.221 e. The number of aromatic nitrogens is 1. The molecular formula is C16H11F2N3O2. The summed E-state index contributed by atoms with van der Waals surface area (Å²) in [6.45, 7) is 1.27. The topological polar surface area (TPSA) is 82.9 Å². The maximum Gasteiger partial charge on any atom is 0.221 e. The predicted molar refractivity (Wildman–Crippen MR) is 77.6 cm³/mol. The Labute approximate surface area is 130 Å². The summed E-state index contributed by atoms with van der Waals surface area (Å²) in [6.07, 6.45) is 0.872. The van der Waals surface area contributed by atoms with Crippen molar-refractivity contribution in [2.45, 2.75) is 12.8 Å². The second-order valence-electron chi connectivity index (χ2n) is 4.70. The first-order chi connectivity index (χ1) is 10.9. The van der Waals surface area contributed by atoms with Crippen LogP contribution in [0.3, 0.4) is 0 Å². The fourth-order valence-electron chi connectivity index (χ4n) is 1.97. The highest BCUT2D eigenvalue weighted by molar-refractivity contribution is 6.03. The van der Waals surface area contributed by atoms with Crippen LogP contribution in [0, 0.1) is 23.0 Å². The molecule has 1 atom stereocenters. The molecule has 1 heterocycles. The van der Waals surface area contributed by atoms with E-state index in [9.17, 15) is 23.6 Å². The lowest BCUT2D eigenvalue weighted by atomic mass is 9.94. The van der Waals surface area contributed by atoms with E-state index in [-0.39, 0.29) is 22.9 Å². The van der Waals surface area contributed by atoms with Crippen LogP contribution in [0.4, 0.5) is 14.5 Å². The minimum atomic E-state index is -1.38. The highest BCUT2D eigenvalue weighted by Crippen LogP contribution is 2.23. The Morgan fingerprint density at radius 1 is 1.26 bits per heavy atom. The van der Waals surface area contributed by atoms with Gasteiger partial charge in [0.2, 0.25) is 5.91 Å². The number of Topliss-reactive ketones (excluding diaryl/α,β-unsaturated/α-hetero) is 1. The Morgan fingerprint density at radius 2 is 2.00 bits per heavy atom. The van der Waals surface area contributed by atoms with Gasteiger partial charge in [0.25, 0.3) is 0 Å². The molecule has 1 amide bonds. The number of hydrogen-bond acceptors (Lipinski definition) is 4. The van der Waals surface area contributed by atoms with Gasteiger partial charge in [-0.05, 0) is 30.3 Å². The van der Waals surface area contributed by atoms with Gasteiger partial charge < -0.3 is 5.32 Å². The summed E-state index contributed by atoms with van der Waals surface area (Å²) in [5, 5.41) is 11.6. The molecule has 1 aromatic carbocycles. The molecule has 23 heavy (non-hydrogen) atoms. The van der Waals surface area contributed by atoms with Crippen molar-refractivity contribution in [3.8, 4) is 6.07 Å². The van der Waals surface area contributed by atoms with Crippen LogP contribution in [0.1, 0.15) is 28.9 Å². The zero-order valence-corrected chi connectivity index (χ0v) is 12.0. The summed E-state index contributed by atoms with van der Waals surface area (Å²) in [6, 6.07) is 7.45. The Hall–Kier alpha value is -3.14. The van der Waals surface area contributed by atoms with Crippen molar-refractivity contribution >= 4 is 17.4 Å². The molecule has 1 aromatic heterocycles. The van der Waals surface area contributed by atoms with Crippen LogP contribution in [0.25, 0.3) is 0 Å². The molecule has 0 saturated carbocycles. The first-order valence-corrected chi connectivity index (χ1v) is 6.55. The van der Waals surface area contributed by atoms with Gasteiger partial charge in [0, 0.05) is 12.6 Å². The molecule has 0 saturated heterocycles. The highest BCUT2D eigenvalue weighted by atomic mass is 19.1. The standard InChI is InChI=1S/C16H11F2N3O2/c1-9(22)21-11-3-4-14(18)12(6-11)16(23)13(7-19)15-5-2-10(17)8-20-15/h2-6,8,13H,1H3,(H,21,22)/t13-/m0/s1. The molecule has 0 fully saturated rings. The van der Waals surface area contributed by atoms with Crippen LogP contribution in [-0.4, -0.2) is 16.7 Å². The third-order valence-corrected chi connectivity index (χ3v) is 2.99. The molecule has 2 aromatic rings. The number of halogens is 2. The Bertz CT molecular complexity index is 798. The van der Waals surface area contributed by atoms with E-state index in [1.54, 1.807) is 6.07 Å². The van der Waals surface area contributed by atoms with Gasteiger partial charge in [0.05, 0.1) is 23.5 Å². The zero-order valence-electron chi connectivity index (χ0n) is 12.0. The van der Waals surface area contributed by atoms with Crippen LogP contribution in [0.5, 0.6) is 0 Å². The number of carbonyl (C=O) groups excluding carboxylic acids is 2. The number of rotatable bonds is 4. The lowest BCUT2D eigenvalue weighted by Crippen LogP contribution is -2.15. The van der Waals surface area contributed by atoms with Crippen molar-refractivity contribution in [3.05, 3.63) is 59.4 Å². The number of nitriles is 1. The number of amides is 1. The molecule has 2 rings (SSSR count). The quantitative estimate of drug-likeness (QED) is 0.879. The maximum atomic E-state index is 13.9. The fraction of sp³-hybridized carbons (Fsp3) is 0.125. The van der Waals surface area contributed by atoms with E-state index in [4.69, 9.17) is 0 Å². The average molecular weight is 315 g/mol. The van der Waals surface area contributed by atoms with E-state index in [0.29, 0.717) is 0 Å². The Morgan fingerprint density at radius 3 is 2.57 bits per heavy atom. The number of pyridine rings is 1. The first kappa shape index (κ1) is 16.2. The molecule has 5 nitrogen and oxygen atoms in total. The number of ketones is 1. The maximum absolute atomic E-state index is 13.9. The summed E-state index contributed by atoms with van der Waals surface area (Å²) in [5.41, 5.74) is -0.108. The first-order valence-electron chi connectivity index (χ1n) is 6.55. The van der Waals surface area contributed by atoms with Crippen LogP contribution in [0.2, 0.25) is 0 Å². The van der Waals surface area contributed by atoms with Crippen LogP contribution in [-0.2, 0) is 4.79 Å². The van der Waals surface area contributed by atoms with Crippen LogP contribution in [0.15, 0.2) is 36.5 Å². The van der Waals surface area contributed by atoms with Gasteiger partial charge in [0.15, 0.2) is 11.7 Å². The van der Waals surface area contributed by atoms with E-state index in [1.807, 2.05) is 0 Å². The van der Waals surface area contributed by atoms with E-state index < -0.39 is 23.3 Å². The predicted octanol–water partition coefficient (Wildman–Crippen LogP) is 2.81. The van der Waals surface area contributed by atoms with Gasteiger partial charge in [-0.1, -0.05) is 0 Å². The molecule has 116 valence electrons. The largest absolute Gasteiger partial charge is 0.326 e. The van der Waals surface area contributed by atoms with Gasteiger partial charge in [-0.3, -0.25) is 14.6 Å². The Balaban J connectivity index is 2.39. The summed E-state index contributed by atoms with van der Waals surface area (Å²) in [7, 11) is 0. The SMILES string of the molecule is CC(=O)Nc1ccc(F)c(C(=O)[C@@H](C#N)c2ccc(F)cn2)c1. The van der Waals surface area contributed by atoms with Gasteiger partial charge in [0.1, 0.15) is 11.6 Å². The van der Waals surface area contributed by atoms with E-state index in [0.717, 1.165) is 24.4 Å². The van der Waals surface area contributed by atoms with Gasteiger partial charge in [-0.15, -0.1) is 0 Å². The molecule has 0 aliphatic carbocycles. The normalized spacial score (nSPS) is 11.4. The summed E-state index contributed by atoms with van der Waals surface area (Å²) >= 11 is 0. The van der Waals surface area contributed by atoms with Crippen molar-refractivity contribution in [2.24, 2.45) is 0 Å². The number of carbonyl (C=O) groups is 2. The lowest BCUT2D eigenvalue weighted by Gasteiger charge is -2.10. The average Bonchev–Trinajstić information content (AvgIpc) is 2.51.